The lowest BCUT2D eigenvalue weighted by molar-refractivity contribution is 0.795. The average Bonchev–Trinajstić information content (AvgIpc) is 2.42. The molecule has 2 nitrogen and oxygen atoms in total. The summed E-state index contributed by atoms with van der Waals surface area (Å²) in [5, 5.41) is 1.89. The number of thioether (sulfide) groups is 1. The molecule has 0 amide bonds. The zero-order chi connectivity index (χ0) is 8.60. The van der Waals surface area contributed by atoms with Gasteiger partial charge >= 0.3 is 0 Å². The van der Waals surface area contributed by atoms with Crippen molar-refractivity contribution in [2.75, 3.05) is 6.26 Å². The van der Waals surface area contributed by atoms with Crippen molar-refractivity contribution in [2.24, 2.45) is 9.98 Å². The van der Waals surface area contributed by atoms with Crippen molar-refractivity contribution < 1.29 is 0 Å². The molecule has 1 radical (unpaired) electrons. The fourth-order valence-corrected chi connectivity index (χ4v) is 1.53. The molecule has 0 aromatic heterocycles. The first-order chi connectivity index (χ1) is 5.73. The Labute approximate surface area is 75.4 Å². The van der Waals surface area contributed by atoms with E-state index < -0.39 is 4.99 Å². The first-order valence-electron chi connectivity index (χ1n) is 3.69. The van der Waals surface area contributed by atoms with Crippen LogP contribution in [-0.2, 0) is 0 Å². The van der Waals surface area contributed by atoms with Gasteiger partial charge in [0.15, 0.2) is 4.99 Å². The van der Waals surface area contributed by atoms with E-state index in [0.717, 1.165) is 10.7 Å². The van der Waals surface area contributed by atoms with Crippen LogP contribution in [0.25, 0.3) is 0 Å². The average molecular weight is 177 g/mol. The minimum Gasteiger partial charge on any atom is -0.243 e. The lowest BCUT2D eigenvalue weighted by Crippen LogP contribution is -2.19. The highest BCUT2D eigenvalue weighted by Gasteiger charge is 2.22. The Morgan fingerprint density at radius 3 is 2.17 bits per heavy atom. The van der Waals surface area contributed by atoms with E-state index in [1.807, 2.05) is 30.5 Å². The molecule has 0 saturated carbocycles. The highest BCUT2D eigenvalue weighted by atomic mass is 32.2. The summed E-state index contributed by atoms with van der Waals surface area (Å²) < 4.78 is 0. The van der Waals surface area contributed by atoms with Crippen molar-refractivity contribution in [1.82, 2.24) is 0 Å². The van der Waals surface area contributed by atoms with E-state index in [1.165, 1.54) is 0 Å². The Morgan fingerprint density at radius 1 is 1.25 bits per heavy atom. The maximum absolute atomic E-state index is 4.39. The molecular formula is C9H9N2S. The molecule has 1 aromatic rings. The number of nitrogens with zero attached hydrogens (tertiary/aromatic N) is 2. The molecule has 1 aliphatic heterocycles. The number of benzene rings is 1. The fraction of sp³-hybridized carbons (Fsp3) is 0.222. The lowest BCUT2D eigenvalue weighted by Gasteiger charge is -2.11. The molecule has 0 fully saturated rings. The summed E-state index contributed by atoms with van der Waals surface area (Å²) in [6, 6.07) is 7.85. The largest absolute Gasteiger partial charge is 0.243 e. The van der Waals surface area contributed by atoms with Gasteiger partial charge in [-0.3, -0.25) is 0 Å². The van der Waals surface area contributed by atoms with Crippen LogP contribution < -0.4 is 10.7 Å². The van der Waals surface area contributed by atoms with Gasteiger partial charge in [-0.25, -0.2) is 9.98 Å². The molecule has 0 unspecified atom stereocenters. The second-order valence-corrected chi connectivity index (χ2v) is 3.72. The van der Waals surface area contributed by atoms with Gasteiger partial charge in [-0.05, 0) is 18.4 Å². The number of fused-ring (bicyclic) bond motifs is 1. The van der Waals surface area contributed by atoms with Crippen LogP contribution in [0.3, 0.4) is 0 Å². The van der Waals surface area contributed by atoms with Crippen molar-refractivity contribution in [3.63, 3.8) is 0 Å². The van der Waals surface area contributed by atoms with E-state index in [1.54, 1.807) is 11.8 Å². The van der Waals surface area contributed by atoms with Gasteiger partial charge in [-0.2, -0.15) is 0 Å². The van der Waals surface area contributed by atoms with Crippen LogP contribution in [0.5, 0.6) is 0 Å². The van der Waals surface area contributed by atoms with Crippen LogP contribution >= 0.6 is 11.8 Å². The van der Waals surface area contributed by atoms with E-state index in [-0.39, 0.29) is 0 Å². The Balaban J connectivity index is 2.68. The van der Waals surface area contributed by atoms with E-state index in [2.05, 4.69) is 16.9 Å². The smallest absolute Gasteiger partial charge is 0.198 e. The number of rotatable bonds is 1. The van der Waals surface area contributed by atoms with Crippen LogP contribution in [0.4, 0.5) is 0 Å². The standard InChI is InChI=1S/C9H9N2S/c1-9(12-2)10-7-5-3-4-6-8(7)11-9/h3-6H,1H2,2H3. The minimum absolute atomic E-state index is 0.538. The molecule has 0 N–H and O–H groups in total. The normalized spacial score (nSPS) is 17.8. The second kappa shape index (κ2) is 2.59. The Hall–Kier alpha value is -0.830. The van der Waals surface area contributed by atoms with Crippen LogP contribution in [0.15, 0.2) is 34.3 Å². The van der Waals surface area contributed by atoms with Crippen LogP contribution in [0.2, 0.25) is 0 Å². The monoisotopic (exact) mass is 177 g/mol. The summed E-state index contributed by atoms with van der Waals surface area (Å²) in [6.45, 7) is 3.93. The molecule has 0 saturated heterocycles. The first kappa shape index (κ1) is 7.80. The van der Waals surface area contributed by atoms with Crippen molar-refractivity contribution in [3.8, 4) is 0 Å². The highest BCUT2D eigenvalue weighted by Crippen LogP contribution is 2.24. The zero-order valence-corrected chi connectivity index (χ0v) is 7.64. The van der Waals surface area contributed by atoms with Crippen molar-refractivity contribution in [3.05, 3.63) is 41.9 Å². The van der Waals surface area contributed by atoms with Crippen molar-refractivity contribution >= 4 is 11.8 Å². The quantitative estimate of drug-likeness (QED) is 0.622. The van der Waals surface area contributed by atoms with Crippen molar-refractivity contribution in [2.45, 2.75) is 4.99 Å². The summed E-state index contributed by atoms with van der Waals surface area (Å²) in [7, 11) is 0. The molecule has 1 aromatic carbocycles. The first-order valence-corrected chi connectivity index (χ1v) is 4.91. The maximum atomic E-state index is 4.39. The van der Waals surface area contributed by atoms with Gasteiger partial charge in [0.2, 0.25) is 0 Å². The van der Waals surface area contributed by atoms with Crippen LogP contribution in [0, 0.1) is 6.92 Å². The molecular weight excluding hydrogens is 168 g/mol. The number of hydrogen-bond acceptors (Lipinski definition) is 3. The van der Waals surface area contributed by atoms with Gasteiger partial charge in [0.1, 0.15) is 0 Å². The van der Waals surface area contributed by atoms with Crippen LogP contribution in [0.1, 0.15) is 0 Å². The van der Waals surface area contributed by atoms with Gasteiger partial charge in [-0.15, -0.1) is 11.8 Å². The molecule has 0 spiro atoms. The highest BCUT2D eigenvalue weighted by molar-refractivity contribution is 8.00. The van der Waals surface area contributed by atoms with E-state index in [0.29, 0.717) is 0 Å². The fourth-order valence-electron chi connectivity index (χ4n) is 1.15. The van der Waals surface area contributed by atoms with Gasteiger partial charge in [0, 0.05) is 6.92 Å². The predicted molar refractivity (Wildman–Crippen MR) is 50.4 cm³/mol. The van der Waals surface area contributed by atoms with Gasteiger partial charge in [0.05, 0.1) is 10.7 Å². The van der Waals surface area contributed by atoms with E-state index >= 15 is 0 Å². The number of hydrogen-bond donors (Lipinski definition) is 0. The molecule has 1 aliphatic rings. The maximum Gasteiger partial charge on any atom is 0.198 e. The summed E-state index contributed by atoms with van der Waals surface area (Å²) in [5.74, 6) is 0. The second-order valence-electron chi connectivity index (χ2n) is 2.66. The lowest BCUT2D eigenvalue weighted by atomic mass is 10.3. The topological polar surface area (TPSA) is 24.7 Å². The van der Waals surface area contributed by atoms with E-state index in [4.69, 9.17) is 0 Å². The Morgan fingerprint density at radius 2 is 1.75 bits per heavy atom. The Kier molecular flexibility index (Phi) is 1.68. The number of para-hydroxylation sites is 2. The minimum atomic E-state index is -0.538. The van der Waals surface area contributed by atoms with Gasteiger partial charge in [-0.1, -0.05) is 12.1 Å². The third kappa shape index (κ3) is 1.14. The zero-order valence-electron chi connectivity index (χ0n) is 6.82. The molecule has 2 rings (SSSR count). The molecule has 12 heavy (non-hydrogen) atoms. The third-order valence-corrected chi connectivity index (χ3v) is 2.64. The summed E-state index contributed by atoms with van der Waals surface area (Å²) >= 11 is 1.55. The molecule has 0 atom stereocenters. The molecule has 1 heterocycles. The van der Waals surface area contributed by atoms with Gasteiger partial charge < -0.3 is 0 Å². The molecule has 0 aliphatic carbocycles. The summed E-state index contributed by atoms with van der Waals surface area (Å²) in [4.78, 5) is 8.24. The molecule has 3 heteroatoms. The van der Waals surface area contributed by atoms with Gasteiger partial charge in [0.25, 0.3) is 0 Å². The Bertz CT molecular complexity index is 376. The van der Waals surface area contributed by atoms with E-state index in [9.17, 15) is 0 Å². The van der Waals surface area contributed by atoms with Crippen LogP contribution in [-0.4, -0.2) is 11.3 Å². The summed E-state index contributed by atoms with van der Waals surface area (Å²) in [5.41, 5.74) is 0. The molecule has 61 valence electrons. The predicted octanol–water partition coefficient (Wildman–Crippen LogP) is 0.790. The molecule has 0 bridgehead atoms. The third-order valence-electron chi connectivity index (χ3n) is 1.80. The SMILES string of the molecule is [CH2]C1(SC)N=c2ccccc2=N1. The summed E-state index contributed by atoms with van der Waals surface area (Å²) in [6.07, 6.45) is 1.96. The van der Waals surface area contributed by atoms with Crippen molar-refractivity contribution in [1.29, 1.82) is 0 Å².